The Balaban J connectivity index is 2.17. The number of nitrogens with zero attached hydrogens (tertiary/aromatic N) is 1. The maximum atomic E-state index is 11.9. The highest BCUT2D eigenvalue weighted by Crippen LogP contribution is 2.11. The molecule has 96 valence electrons. The van der Waals surface area contributed by atoms with Crippen molar-refractivity contribution in [3.05, 3.63) is 57.3 Å². The average molecular weight is 368 g/mol. The highest BCUT2D eigenvalue weighted by molar-refractivity contribution is 14.1. The quantitative estimate of drug-likeness (QED) is 0.817. The molecule has 0 unspecified atom stereocenters. The van der Waals surface area contributed by atoms with Crippen molar-refractivity contribution in [3.63, 3.8) is 0 Å². The number of carbonyl (C=O) groups excluding carboxylic acids is 1. The van der Waals surface area contributed by atoms with Gasteiger partial charge in [-0.05, 0) is 59.0 Å². The second-order valence-corrected chi connectivity index (χ2v) is 4.94. The predicted octanol–water partition coefficient (Wildman–Crippen LogP) is 2.64. The minimum Gasteiger partial charge on any atom is -0.478 e. The van der Waals surface area contributed by atoms with E-state index >= 15 is 0 Å². The minimum absolute atomic E-state index is 0.0768. The summed E-state index contributed by atoms with van der Waals surface area (Å²) in [6.07, 6.45) is 1.34. The van der Waals surface area contributed by atoms with Crippen LogP contribution >= 0.6 is 22.6 Å². The number of benzene rings is 1. The van der Waals surface area contributed by atoms with Crippen LogP contribution in [0.3, 0.4) is 0 Å². The summed E-state index contributed by atoms with van der Waals surface area (Å²) in [5, 5.41) is 11.4. The first kappa shape index (κ1) is 13.5. The molecule has 1 heterocycles. The molecule has 0 saturated carbocycles. The van der Waals surface area contributed by atoms with Gasteiger partial charge in [0.2, 0.25) is 0 Å². The van der Waals surface area contributed by atoms with Gasteiger partial charge in [-0.3, -0.25) is 4.79 Å². The zero-order chi connectivity index (χ0) is 13.8. The number of halogens is 1. The van der Waals surface area contributed by atoms with E-state index in [1.54, 1.807) is 12.1 Å². The van der Waals surface area contributed by atoms with E-state index in [1.807, 2.05) is 12.1 Å². The molecule has 2 rings (SSSR count). The number of aromatic carboxylic acids is 1. The number of pyridine rings is 1. The molecule has 0 aliphatic rings. The number of rotatable bonds is 3. The fourth-order valence-electron chi connectivity index (χ4n) is 1.42. The van der Waals surface area contributed by atoms with Gasteiger partial charge in [0.05, 0.1) is 5.56 Å². The Kier molecular flexibility index (Phi) is 4.10. The molecule has 0 spiro atoms. The van der Waals surface area contributed by atoms with Crippen LogP contribution < -0.4 is 5.32 Å². The van der Waals surface area contributed by atoms with Gasteiger partial charge in [0, 0.05) is 15.3 Å². The molecule has 0 fully saturated rings. The van der Waals surface area contributed by atoms with Crippen molar-refractivity contribution >= 4 is 40.3 Å². The molecule has 1 aromatic carbocycles. The monoisotopic (exact) mass is 368 g/mol. The summed E-state index contributed by atoms with van der Waals surface area (Å²) in [7, 11) is 0. The van der Waals surface area contributed by atoms with E-state index in [9.17, 15) is 9.59 Å². The molecule has 0 bridgehead atoms. The molecule has 1 aromatic heterocycles. The van der Waals surface area contributed by atoms with Crippen molar-refractivity contribution in [3.8, 4) is 0 Å². The maximum absolute atomic E-state index is 11.9. The van der Waals surface area contributed by atoms with Gasteiger partial charge >= 0.3 is 5.97 Å². The molecule has 0 aliphatic heterocycles. The van der Waals surface area contributed by atoms with Gasteiger partial charge in [-0.25, -0.2) is 9.78 Å². The number of hydrogen-bond donors (Lipinski definition) is 2. The van der Waals surface area contributed by atoms with E-state index in [0.29, 0.717) is 5.56 Å². The summed E-state index contributed by atoms with van der Waals surface area (Å²) < 4.78 is 1.03. The standard InChI is InChI=1S/C13H9IN2O3/c14-10-3-1-8(2-4-10)12(17)16-11-7-9(13(18)19)5-6-15-11/h1-7H,(H,18,19)(H,15,16,17). The normalized spacial score (nSPS) is 9.95. The molecule has 0 aliphatic carbocycles. The van der Waals surface area contributed by atoms with Crippen LogP contribution in [0.25, 0.3) is 0 Å². The average Bonchev–Trinajstić information content (AvgIpc) is 2.39. The lowest BCUT2D eigenvalue weighted by Gasteiger charge is -2.05. The Labute approximate surface area is 122 Å². The molecule has 2 aromatic rings. The van der Waals surface area contributed by atoms with E-state index in [4.69, 9.17) is 5.11 Å². The third-order valence-corrected chi connectivity index (χ3v) is 3.07. The lowest BCUT2D eigenvalue weighted by molar-refractivity contribution is 0.0696. The first-order valence-electron chi connectivity index (χ1n) is 5.32. The number of hydrogen-bond acceptors (Lipinski definition) is 3. The molecule has 6 heteroatoms. The Hall–Kier alpha value is -1.96. The van der Waals surface area contributed by atoms with Crippen molar-refractivity contribution in [2.24, 2.45) is 0 Å². The number of nitrogens with one attached hydrogen (secondary N) is 1. The number of carbonyl (C=O) groups is 2. The Bertz CT molecular complexity index is 626. The van der Waals surface area contributed by atoms with Crippen LogP contribution in [-0.4, -0.2) is 22.0 Å². The van der Waals surface area contributed by atoms with Gasteiger partial charge < -0.3 is 10.4 Å². The Morgan fingerprint density at radius 2 is 1.79 bits per heavy atom. The largest absolute Gasteiger partial charge is 0.478 e. The number of aromatic nitrogens is 1. The van der Waals surface area contributed by atoms with Crippen molar-refractivity contribution in [1.82, 2.24) is 4.98 Å². The van der Waals surface area contributed by atoms with Crippen LogP contribution in [0, 0.1) is 3.57 Å². The molecule has 5 nitrogen and oxygen atoms in total. The van der Waals surface area contributed by atoms with E-state index in [-0.39, 0.29) is 17.3 Å². The van der Waals surface area contributed by atoms with Crippen LogP contribution in [0.1, 0.15) is 20.7 Å². The topological polar surface area (TPSA) is 79.3 Å². The predicted molar refractivity (Wildman–Crippen MR) is 78.3 cm³/mol. The third kappa shape index (κ3) is 3.50. The zero-order valence-electron chi connectivity index (χ0n) is 9.63. The molecule has 19 heavy (non-hydrogen) atoms. The van der Waals surface area contributed by atoms with Crippen molar-refractivity contribution in [2.75, 3.05) is 5.32 Å². The van der Waals surface area contributed by atoms with E-state index < -0.39 is 5.97 Å². The summed E-state index contributed by atoms with van der Waals surface area (Å²) in [4.78, 5) is 26.6. The van der Waals surface area contributed by atoms with Gasteiger partial charge in [-0.15, -0.1) is 0 Å². The number of carboxylic acid groups (broad SMARTS) is 1. The number of carboxylic acids is 1. The molecule has 0 saturated heterocycles. The van der Waals surface area contributed by atoms with Gasteiger partial charge in [0.25, 0.3) is 5.91 Å². The Morgan fingerprint density at radius 3 is 2.42 bits per heavy atom. The molecule has 2 N–H and O–H groups in total. The molecule has 0 radical (unpaired) electrons. The van der Waals surface area contributed by atoms with Crippen LogP contribution in [0.5, 0.6) is 0 Å². The smallest absolute Gasteiger partial charge is 0.335 e. The van der Waals surface area contributed by atoms with Crippen LogP contribution in [0.2, 0.25) is 0 Å². The van der Waals surface area contributed by atoms with E-state index in [0.717, 1.165) is 3.57 Å². The van der Waals surface area contributed by atoms with Gasteiger partial charge in [-0.1, -0.05) is 0 Å². The highest BCUT2D eigenvalue weighted by Gasteiger charge is 2.09. The number of amides is 1. The summed E-state index contributed by atoms with van der Waals surface area (Å²) in [6.45, 7) is 0. The summed E-state index contributed by atoms with van der Waals surface area (Å²) >= 11 is 2.15. The third-order valence-electron chi connectivity index (χ3n) is 2.35. The molecule has 1 amide bonds. The van der Waals surface area contributed by atoms with Crippen molar-refractivity contribution in [1.29, 1.82) is 0 Å². The second-order valence-electron chi connectivity index (χ2n) is 3.70. The molecular weight excluding hydrogens is 359 g/mol. The molecular formula is C13H9IN2O3. The van der Waals surface area contributed by atoms with Gasteiger partial charge in [-0.2, -0.15) is 0 Å². The lowest BCUT2D eigenvalue weighted by atomic mass is 10.2. The first-order valence-corrected chi connectivity index (χ1v) is 6.40. The second kappa shape index (κ2) is 5.79. The summed E-state index contributed by atoms with van der Waals surface area (Å²) in [5.74, 6) is -1.18. The van der Waals surface area contributed by atoms with Crippen molar-refractivity contribution in [2.45, 2.75) is 0 Å². The Morgan fingerprint density at radius 1 is 1.11 bits per heavy atom. The van der Waals surface area contributed by atoms with Crippen LogP contribution in [0.4, 0.5) is 5.82 Å². The van der Waals surface area contributed by atoms with E-state index in [2.05, 4.69) is 32.9 Å². The van der Waals surface area contributed by atoms with E-state index in [1.165, 1.54) is 18.3 Å². The highest BCUT2D eigenvalue weighted by atomic mass is 127. The number of anilines is 1. The molecule has 0 atom stereocenters. The van der Waals surface area contributed by atoms with Crippen LogP contribution in [0.15, 0.2) is 42.6 Å². The zero-order valence-corrected chi connectivity index (χ0v) is 11.8. The fourth-order valence-corrected chi connectivity index (χ4v) is 1.78. The van der Waals surface area contributed by atoms with Crippen molar-refractivity contribution < 1.29 is 14.7 Å². The maximum Gasteiger partial charge on any atom is 0.335 e. The fraction of sp³-hybridized carbons (Fsp3) is 0. The van der Waals surface area contributed by atoms with Gasteiger partial charge in [0.1, 0.15) is 5.82 Å². The summed E-state index contributed by atoms with van der Waals surface area (Å²) in [5.41, 5.74) is 0.566. The first-order chi connectivity index (χ1) is 9.06. The summed E-state index contributed by atoms with van der Waals surface area (Å²) in [6, 6.07) is 9.69. The minimum atomic E-state index is -1.06. The lowest BCUT2D eigenvalue weighted by Crippen LogP contribution is -2.13. The van der Waals surface area contributed by atoms with Crippen LogP contribution in [-0.2, 0) is 0 Å². The SMILES string of the molecule is O=C(O)c1ccnc(NC(=O)c2ccc(I)cc2)c1. The van der Waals surface area contributed by atoms with Gasteiger partial charge in [0.15, 0.2) is 0 Å².